The van der Waals surface area contributed by atoms with Crippen molar-refractivity contribution in [1.29, 1.82) is 0 Å². The smallest absolute Gasteiger partial charge is 0.226 e. The van der Waals surface area contributed by atoms with Crippen LogP contribution in [0.1, 0.15) is 110 Å². The fraction of sp³-hybridized carbons (Fsp3) is 0.276. The predicted molar refractivity (Wildman–Crippen MR) is 475 cm³/mol. The van der Waals surface area contributed by atoms with Gasteiger partial charge in [0.2, 0.25) is 11.6 Å². The van der Waals surface area contributed by atoms with Crippen LogP contribution in [-0.2, 0) is 159 Å². The van der Waals surface area contributed by atoms with Crippen LogP contribution in [0.3, 0.4) is 0 Å². The maximum absolute atomic E-state index is 7.41. The molecule has 2 saturated heterocycles. The molecular formula is C105H107BrN2O12. The first-order chi connectivity index (χ1) is 58.8. The highest BCUT2D eigenvalue weighted by molar-refractivity contribution is 9.08. The van der Waals surface area contributed by atoms with Gasteiger partial charge in [-0.05, 0) is 138 Å². The molecule has 6 heterocycles. The Labute approximate surface area is 714 Å². The standard InChI is InChI=1S/C52H51NO6.C43H41NO6.C9H11Br.CH4/c1-2-38-23-25-39(26-24-38)31-53-28-27-44-29-45-36-58-52(46(45)30-47(44)53)51(57-35-43-21-13-6-14-22-43)50(56-34-42-19-11-5-12-20-42)49(55-33-41-17-9-4-10-18-41)48(59-52)37-54-32-40-15-7-3-8-16-40;1-5-13-31(14-6-1)25-45-30-39-40(46-26-32-15-7-2-8-16-32)41(47-27-33-17-9-3-10-18-33)42(48-28-34-19-11-4-12-20-34)43(50-39)37-24-38-35(21-22-44-38)23-36(37)29-49-43;1-2-8-3-5-9(7-10)6-4-8;/h3-30,48-51H,2,31-37H2,1H3;1-24,39-42,44H,25-30H2;3-6H,2,7H2,1H3;1H4/t48-,49-,50+,51-,52+;39-,40-,41+,42-,43+;;/m11../s1. The van der Waals surface area contributed by atoms with Gasteiger partial charge in [0.05, 0.1) is 79.3 Å². The van der Waals surface area contributed by atoms with Gasteiger partial charge in [-0.3, -0.25) is 0 Å². The van der Waals surface area contributed by atoms with E-state index in [0.29, 0.717) is 66.1 Å². The predicted octanol–water partition coefficient (Wildman–Crippen LogP) is 22.3. The van der Waals surface area contributed by atoms with Gasteiger partial charge in [-0.2, -0.15) is 0 Å². The van der Waals surface area contributed by atoms with Gasteiger partial charge in [0, 0.05) is 46.4 Å². The Morgan fingerprint density at radius 1 is 0.350 bits per heavy atom. The molecule has 14 aromatic rings. The van der Waals surface area contributed by atoms with E-state index < -0.39 is 60.4 Å². The summed E-state index contributed by atoms with van der Waals surface area (Å²) in [5.41, 5.74) is 19.8. The van der Waals surface area contributed by atoms with Crippen molar-refractivity contribution in [1.82, 2.24) is 9.55 Å². The lowest BCUT2D eigenvalue weighted by Gasteiger charge is -2.51. The molecule has 0 amide bonds. The normalized spacial score (nSPS) is 20.8. The number of aryl methyl sites for hydroxylation is 2. The van der Waals surface area contributed by atoms with Crippen LogP contribution in [0.15, 0.2) is 340 Å². The minimum Gasteiger partial charge on any atom is -0.374 e. The van der Waals surface area contributed by atoms with Crippen LogP contribution < -0.4 is 0 Å². The lowest BCUT2D eigenvalue weighted by molar-refractivity contribution is -0.387. The number of aromatic nitrogens is 2. The second-order valence-corrected chi connectivity index (χ2v) is 31.3. The van der Waals surface area contributed by atoms with E-state index in [0.717, 1.165) is 113 Å². The van der Waals surface area contributed by atoms with Gasteiger partial charge >= 0.3 is 0 Å². The zero-order valence-corrected chi connectivity index (χ0v) is 69.1. The lowest BCUT2D eigenvalue weighted by Crippen LogP contribution is -2.65. The Bertz CT molecular complexity index is 5380. The van der Waals surface area contributed by atoms with Crippen molar-refractivity contribution in [3.63, 3.8) is 0 Å². The number of aromatic amines is 1. The molecule has 0 aliphatic carbocycles. The lowest BCUT2D eigenvalue weighted by atomic mass is 9.86. The van der Waals surface area contributed by atoms with Crippen LogP contribution in [0.25, 0.3) is 21.8 Å². The number of hydrogen-bond donors (Lipinski definition) is 1. The first kappa shape index (κ1) is 84.7. The maximum Gasteiger partial charge on any atom is 0.226 e. The van der Waals surface area contributed by atoms with Gasteiger partial charge in [-0.25, -0.2) is 0 Å². The summed E-state index contributed by atoms with van der Waals surface area (Å²) in [5.74, 6) is -2.61. The summed E-state index contributed by atoms with van der Waals surface area (Å²) in [4.78, 5) is 3.38. The van der Waals surface area contributed by atoms with Crippen LogP contribution in [0, 0.1) is 0 Å². The van der Waals surface area contributed by atoms with Gasteiger partial charge < -0.3 is 66.4 Å². The largest absolute Gasteiger partial charge is 0.374 e. The fourth-order valence-electron chi connectivity index (χ4n) is 16.3. The number of alkyl halides is 1. The van der Waals surface area contributed by atoms with Crippen molar-refractivity contribution in [2.45, 2.75) is 172 Å². The Morgan fingerprint density at radius 2 is 0.683 bits per heavy atom. The quantitative estimate of drug-likeness (QED) is 0.0415. The highest BCUT2D eigenvalue weighted by Crippen LogP contribution is 2.52. The number of nitrogens with one attached hydrogen (secondary N) is 1. The van der Waals surface area contributed by atoms with E-state index in [2.05, 4.69) is 228 Å². The monoisotopic (exact) mass is 1670 g/mol. The van der Waals surface area contributed by atoms with Crippen LogP contribution in [-0.4, -0.2) is 71.6 Å². The summed E-state index contributed by atoms with van der Waals surface area (Å²) in [6.45, 7) is 9.30. The summed E-state index contributed by atoms with van der Waals surface area (Å²) in [7, 11) is 0. The van der Waals surface area contributed by atoms with Gasteiger partial charge in [0.1, 0.15) is 48.8 Å². The zero-order chi connectivity index (χ0) is 80.8. The van der Waals surface area contributed by atoms with E-state index >= 15 is 0 Å². The highest BCUT2D eigenvalue weighted by Gasteiger charge is 2.63. The summed E-state index contributed by atoms with van der Waals surface area (Å²) in [6, 6.07) is 112. The Kier molecular flexibility index (Phi) is 29.5. The molecule has 4 aliphatic heterocycles. The highest BCUT2D eigenvalue weighted by atomic mass is 79.9. The average molecular weight is 1670 g/mol. The van der Waals surface area contributed by atoms with Gasteiger partial charge in [0.15, 0.2) is 0 Å². The first-order valence-electron chi connectivity index (χ1n) is 41.5. The van der Waals surface area contributed by atoms with Crippen LogP contribution >= 0.6 is 15.9 Å². The number of benzene rings is 12. The van der Waals surface area contributed by atoms with E-state index in [1.54, 1.807) is 0 Å². The number of H-pyrrole nitrogens is 1. The third-order valence-electron chi connectivity index (χ3n) is 22.6. The van der Waals surface area contributed by atoms with Crippen molar-refractivity contribution in [2.75, 3.05) is 13.2 Å². The molecule has 14 nitrogen and oxygen atoms in total. The Balaban J connectivity index is 0.000000168. The fourth-order valence-corrected chi connectivity index (χ4v) is 16.6. The number of fused-ring (bicyclic) bond motifs is 6. The van der Waals surface area contributed by atoms with Crippen molar-refractivity contribution < 1.29 is 56.8 Å². The first-order valence-corrected chi connectivity index (χ1v) is 42.6. The molecule has 18 rings (SSSR count). The number of nitrogens with zero attached hydrogens (tertiary/aromatic N) is 1. The van der Waals surface area contributed by atoms with Gasteiger partial charge in [0.25, 0.3) is 0 Å². The van der Waals surface area contributed by atoms with Crippen molar-refractivity contribution in [2.24, 2.45) is 0 Å². The third-order valence-corrected chi connectivity index (χ3v) is 23.3. The molecule has 0 radical (unpaired) electrons. The number of hydrogen-bond acceptors (Lipinski definition) is 12. The maximum atomic E-state index is 7.41. The molecule has 2 spiro atoms. The summed E-state index contributed by atoms with van der Waals surface area (Å²) < 4.78 is 85.6. The van der Waals surface area contributed by atoms with Crippen LogP contribution in [0.5, 0.6) is 0 Å². The minimum atomic E-state index is -1.33. The van der Waals surface area contributed by atoms with Gasteiger partial charge in [-0.1, -0.05) is 328 Å². The molecule has 120 heavy (non-hydrogen) atoms. The molecule has 15 heteroatoms. The summed E-state index contributed by atoms with van der Waals surface area (Å²) in [5, 5.41) is 3.22. The molecule has 10 atom stereocenters. The molecule has 2 aromatic heterocycles. The molecule has 1 N–H and O–H groups in total. The van der Waals surface area contributed by atoms with E-state index in [1.165, 1.54) is 22.3 Å². The minimum absolute atomic E-state index is 0. The van der Waals surface area contributed by atoms with E-state index in [-0.39, 0.29) is 20.6 Å². The van der Waals surface area contributed by atoms with E-state index in [1.807, 2.05) is 152 Å². The summed E-state index contributed by atoms with van der Waals surface area (Å²) >= 11 is 3.40. The van der Waals surface area contributed by atoms with Crippen molar-refractivity contribution in [3.05, 3.63) is 429 Å². The number of ether oxygens (including phenoxy) is 12. The molecule has 0 saturated carbocycles. The third kappa shape index (κ3) is 20.8. The average Bonchev–Trinajstić information content (AvgIpc) is 1.50. The number of rotatable bonds is 31. The van der Waals surface area contributed by atoms with Crippen molar-refractivity contribution in [3.8, 4) is 0 Å². The van der Waals surface area contributed by atoms with Crippen LogP contribution in [0.2, 0.25) is 0 Å². The molecule has 2 fully saturated rings. The van der Waals surface area contributed by atoms with E-state index in [9.17, 15) is 0 Å². The molecule has 12 aromatic carbocycles. The molecule has 0 unspecified atom stereocenters. The zero-order valence-electron chi connectivity index (χ0n) is 67.5. The van der Waals surface area contributed by atoms with Crippen molar-refractivity contribution >= 4 is 37.7 Å². The number of halogens is 1. The van der Waals surface area contributed by atoms with Crippen LogP contribution in [0.4, 0.5) is 0 Å². The SMILES string of the molecule is C.CCc1ccc(CBr)cc1.CCc1ccc(Cn2ccc3cc4c(cc32)[C@]2(OC4)O[C@H](COCc3ccccc3)[C@@H](OCc3ccccc3)[C@H](OCc3ccccc3)[C@H]2OCc2ccccc2)cc1.c1ccc(COC[C@H]2O[C@]3(OCc4cc5cc[nH]c5cc43)[C@H](OCc3ccccc3)[C@@H](OCc3ccccc3)[C@@H]2OCc2ccccc2)cc1. The molecule has 0 bridgehead atoms. The van der Waals surface area contributed by atoms with Gasteiger partial charge in [-0.15, -0.1) is 0 Å². The summed E-state index contributed by atoms with van der Waals surface area (Å²) in [6.07, 6.45) is 1.39. The second kappa shape index (κ2) is 41.8. The molecule has 4 aliphatic rings. The second-order valence-electron chi connectivity index (χ2n) is 30.8. The molecular weight excluding hydrogens is 1560 g/mol. The van der Waals surface area contributed by atoms with E-state index in [4.69, 9.17) is 56.8 Å². The molecule has 616 valence electrons. The Hall–Kier alpha value is -10.3. The topological polar surface area (TPSA) is 131 Å². The Morgan fingerprint density at radius 3 is 1.06 bits per heavy atom.